The van der Waals surface area contributed by atoms with Gasteiger partial charge in [-0.05, 0) is 50.2 Å². The van der Waals surface area contributed by atoms with Crippen LogP contribution >= 0.6 is 0 Å². The Balaban J connectivity index is 1.68. The number of ether oxygens (including phenoxy) is 1. The molecule has 0 atom stereocenters. The zero-order valence-electron chi connectivity index (χ0n) is 15.0. The lowest BCUT2D eigenvalue weighted by Crippen LogP contribution is -2.27. The third-order valence-electron chi connectivity index (χ3n) is 3.79. The van der Waals surface area contributed by atoms with Gasteiger partial charge >= 0.3 is 5.97 Å². The highest BCUT2D eigenvalue weighted by atomic mass is 16.5. The molecule has 1 aromatic heterocycles. The molecule has 138 valence electrons. The zero-order chi connectivity index (χ0) is 19.4. The Labute approximate surface area is 155 Å². The van der Waals surface area contributed by atoms with Crippen molar-refractivity contribution < 1.29 is 14.3 Å². The summed E-state index contributed by atoms with van der Waals surface area (Å²) in [6, 6.07) is 13.3. The maximum atomic E-state index is 12.4. The zero-order valence-corrected chi connectivity index (χ0v) is 15.0. The second kappa shape index (κ2) is 7.82. The molecular formula is C20H19N3O4. The molecule has 0 aliphatic rings. The Morgan fingerprint density at radius 2 is 1.81 bits per heavy atom. The molecule has 0 spiro atoms. The van der Waals surface area contributed by atoms with E-state index in [1.165, 1.54) is 10.9 Å². The first-order valence-electron chi connectivity index (χ1n) is 8.49. The minimum absolute atomic E-state index is 0.159. The summed E-state index contributed by atoms with van der Waals surface area (Å²) in [6.07, 6.45) is 1.15. The van der Waals surface area contributed by atoms with Crippen molar-refractivity contribution in [2.24, 2.45) is 0 Å². The van der Waals surface area contributed by atoms with E-state index in [0.717, 1.165) is 0 Å². The van der Waals surface area contributed by atoms with Gasteiger partial charge in [-0.3, -0.25) is 14.2 Å². The maximum absolute atomic E-state index is 12.4. The predicted molar refractivity (Wildman–Crippen MR) is 102 cm³/mol. The number of esters is 1. The molecule has 2 aromatic carbocycles. The molecule has 1 N–H and O–H groups in total. The summed E-state index contributed by atoms with van der Waals surface area (Å²) in [4.78, 5) is 40.7. The second-order valence-electron chi connectivity index (χ2n) is 6.27. The van der Waals surface area contributed by atoms with E-state index in [-0.39, 0.29) is 24.1 Å². The summed E-state index contributed by atoms with van der Waals surface area (Å²) in [5, 5.41) is 3.15. The van der Waals surface area contributed by atoms with Crippen molar-refractivity contribution in [3.05, 3.63) is 70.8 Å². The number of nitrogens with one attached hydrogen (secondary N) is 1. The molecule has 0 aliphatic carbocycles. The average molecular weight is 365 g/mol. The fourth-order valence-electron chi connectivity index (χ4n) is 2.55. The Morgan fingerprint density at radius 1 is 1.11 bits per heavy atom. The molecule has 1 amide bonds. The smallest absolute Gasteiger partial charge is 0.338 e. The van der Waals surface area contributed by atoms with Gasteiger partial charge < -0.3 is 10.1 Å². The Morgan fingerprint density at radius 3 is 2.52 bits per heavy atom. The van der Waals surface area contributed by atoms with Gasteiger partial charge in [0.25, 0.3) is 5.56 Å². The van der Waals surface area contributed by atoms with E-state index in [1.54, 1.807) is 62.4 Å². The minimum atomic E-state index is -0.420. The standard InChI is InChI=1S/C20H19N3O4/c1-13(2)27-20(26)14-7-9-15(10-8-14)22-18(24)11-23-12-21-17-6-4-3-5-16(17)19(23)25/h3-10,12-13H,11H2,1-2H3,(H,22,24). The van der Waals surface area contributed by atoms with Gasteiger partial charge in [0.2, 0.25) is 5.91 Å². The number of hydrogen-bond donors (Lipinski definition) is 1. The fourth-order valence-corrected chi connectivity index (χ4v) is 2.55. The summed E-state index contributed by atoms with van der Waals surface area (Å²) in [6.45, 7) is 3.39. The monoisotopic (exact) mass is 365 g/mol. The lowest BCUT2D eigenvalue weighted by atomic mass is 10.2. The quantitative estimate of drug-likeness (QED) is 0.702. The number of para-hydroxylation sites is 1. The van der Waals surface area contributed by atoms with Crippen LogP contribution in [0.3, 0.4) is 0 Å². The van der Waals surface area contributed by atoms with Crippen LogP contribution in [-0.2, 0) is 16.1 Å². The third-order valence-corrected chi connectivity index (χ3v) is 3.79. The van der Waals surface area contributed by atoms with Gasteiger partial charge in [0, 0.05) is 5.69 Å². The highest BCUT2D eigenvalue weighted by molar-refractivity contribution is 5.93. The summed E-state index contributed by atoms with van der Waals surface area (Å²) in [5.74, 6) is -0.789. The van der Waals surface area contributed by atoms with Crippen LogP contribution in [0.25, 0.3) is 10.9 Å². The number of anilines is 1. The minimum Gasteiger partial charge on any atom is -0.459 e. The number of carbonyl (C=O) groups excluding carboxylic acids is 2. The number of hydrogen-bond acceptors (Lipinski definition) is 5. The lowest BCUT2D eigenvalue weighted by molar-refractivity contribution is -0.116. The summed E-state index contributed by atoms with van der Waals surface area (Å²) >= 11 is 0. The number of amides is 1. The SMILES string of the molecule is CC(C)OC(=O)c1ccc(NC(=O)Cn2cnc3ccccc3c2=O)cc1. The van der Waals surface area contributed by atoms with Crippen LogP contribution in [0.2, 0.25) is 0 Å². The Hall–Kier alpha value is -3.48. The first-order valence-corrected chi connectivity index (χ1v) is 8.49. The molecular weight excluding hydrogens is 346 g/mol. The van der Waals surface area contributed by atoms with Gasteiger partial charge in [-0.1, -0.05) is 12.1 Å². The molecule has 7 nitrogen and oxygen atoms in total. The second-order valence-corrected chi connectivity index (χ2v) is 6.27. The highest BCUT2D eigenvalue weighted by Gasteiger charge is 2.11. The predicted octanol–water partition coefficient (Wildman–Crippen LogP) is 2.60. The van der Waals surface area contributed by atoms with Crippen molar-refractivity contribution in [3.63, 3.8) is 0 Å². The van der Waals surface area contributed by atoms with Crippen LogP contribution in [-0.4, -0.2) is 27.5 Å². The number of aromatic nitrogens is 2. The van der Waals surface area contributed by atoms with Crippen LogP contribution in [0.15, 0.2) is 59.7 Å². The van der Waals surface area contributed by atoms with Crippen molar-refractivity contribution in [1.82, 2.24) is 9.55 Å². The van der Waals surface area contributed by atoms with Crippen LogP contribution < -0.4 is 10.9 Å². The molecule has 7 heteroatoms. The van der Waals surface area contributed by atoms with E-state index in [0.29, 0.717) is 22.2 Å². The van der Waals surface area contributed by atoms with Crippen LogP contribution in [0.5, 0.6) is 0 Å². The Bertz CT molecular complexity index is 1040. The van der Waals surface area contributed by atoms with Crippen molar-refractivity contribution in [2.75, 3.05) is 5.32 Å². The Kier molecular flexibility index (Phi) is 5.30. The van der Waals surface area contributed by atoms with Gasteiger partial charge in [0.1, 0.15) is 6.54 Å². The summed E-state index contributed by atoms with van der Waals surface area (Å²) in [7, 11) is 0. The number of benzene rings is 2. The maximum Gasteiger partial charge on any atom is 0.338 e. The molecule has 0 aliphatic heterocycles. The van der Waals surface area contributed by atoms with Gasteiger partial charge in [-0.15, -0.1) is 0 Å². The van der Waals surface area contributed by atoms with E-state index in [2.05, 4.69) is 10.3 Å². The van der Waals surface area contributed by atoms with E-state index in [4.69, 9.17) is 4.74 Å². The number of rotatable bonds is 5. The normalized spacial score (nSPS) is 10.8. The van der Waals surface area contributed by atoms with Crippen LogP contribution in [0.1, 0.15) is 24.2 Å². The number of carbonyl (C=O) groups is 2. The van der Waals surface area contributed by atoms with E-state index in [9.17, 15) is 14.4 Å². The van der Waals surface area contributed by atoms with E-state index < -0.39 is 5.97 Å². The number of fused-ring (bicyclic) bond motifs is 1. The van der Waals surface area contributed by atoms with Crippen molar-refractivity contribution in [1.29, 1.82) is 0 Å². The molecule has 3 rings (SSSR count). The fraction of sp³-hybridized carbons (Fsp3) is 0.200. The van der Waals surface area contributed by atoms with Crippen molar-refractivity contribution >= 4 is 28.5 Å². The summed E-state index contributed by atoms with van der Waals surface area (Å²) in [5.41, 5.74) is 1.23. The van der Waals surface area contributed by atoms with Crippen molar-refractivity contribution in [2.45, 2.75) is 26.5 Å². The number of nitrogens with zero attached hydrogens (tertiary/aromatic N) is 2. The van der Waals surface area contributed by atoms with Gasteiger partial charge in [-0.2, -0.15) is 0 Å². The van der Waals surface area contributed by atoms with Crippen LogP contribution in [0.4, 0.5) is 5.69 Å². The molecule has 0 bridgehead atoms. The first-order chi connectivity index (χ1) is 12.9. The highest BCUT2D eigenvalue weighted by Crippen LogP contribution is 2.12. The first kappa shape index (κ1) is 18.3. The van der Waals surface area contributed by atoms with Gasteiger partial charge in [0.05, 0.1) is 28.9 Å². The third kappa shape index (κ3) is 4.38. The molecule has 1 heterocycles. The molecule has 27 heavy (non-hydrogen) atoms. The van der Waals surface area contributed by atoms with Gasteiger partial charge in [-0.25, -0.2) is 9.78 Å². The molecule has 0 saturated heterocycles. The molecule has 0 fully saturated rings. The van der Waals surface area contributed by atoms with E-state index >= 15 is 0 Å². The molecule has 0 unspecified atom stereocenters. The average Bonchev–Trinajstić information content (AvgIpc) is 2.64. The molecule has 0 radical (unpaired) electrons. The van der Waals surface area contributed by atoms with Crippen LogP contribution in [0, 0.1) is 0 Å². The molecule has 0 saturated carbocycles. The van der Waals surface area contributed by atoms with E-state index in [1.807, 2.05) is 0 Å². The van der Waals surface area contributed by atoms with Crippen molar-refractivity contribution in [3.8, 4) is 0 Å². The summed E-state index contributed by atoms with van der Waals surface area (Å²) < 4.78 is 6.37. The topological polar surface area (TPSA) is 90.3 Å². The largest absolute Gasteiger partial charge is 0.459 e. The van der Waals surface area contributed by atoms with Gasteiger partial charge in [0.15, 0.2) is 0 Å². The molecule has 3 aromatic rings. The lowest BCUT2D eigenvalue weighted by Gasteiger charge is -2.10.